The Bertz CT molecular complexity index is 179. The van der Waals surface area contributed by atoms with Crippen molar-refractivity contribution in [3.05, 3.63) is 0 Å². The van der Waals surface area contributed by atoms with Crippen molar-refractivity contribution in [1.82, 2.24) is 4.90 Å². The van der Waals surface area contributed by atoms with Gasteiger partial charge in [0.05, 0.1) is 0 Å². The molecule has 0 saturated heterocycles. The zero-order valence-corrected chi connectivity index (χ0v) is 10.1. The van der Waals surface area contributed by atoms with Crippen LogP contribution in [-0.4, -0.2) is 28.1 Å². The molecule has 11 heavy (non-hydrogen) atoms. The van der Waals surface area contributed by atoms with Crippen molar-refractivity contribution in [3.63, 3.8) is 0 Å². The van der Waals surface area contributed by atoms with E-state index in [9.17, 15) is 0 Å². The van der Waals surface area contributed by atoms with E-state index in [-0.39, 0.29) is 14.2 Å². The molecule has 0 aliphatic rings. The molecule has 0 N–H and O–H groups in total. The highest BCUT2D eigenvalue weighted by molar-refractivity contribution is 8.42. The predicted molar refractivity (Wildman–Crippen MR) is 60.8 cm³/mol. The van der Waals surface area contributed by atoms with Gasteiger partial charge >= 0.3 is 0 Å². The minimum atomic E-state index is -0.221. The Labute approximate surface area is 81.7 Å². The fourth-order valence-corrected chi connectivity index (χ4v) is 2.48. The molecule has 1 unspecified atom stereocenters. The molecular weight excluding hydrogens is 194 g/mol. The van der Waals surface area contributed by atoms with E-state index in [0.717, 1.165) is 4.32 Å². The van der Waals surface area contributed by atoms with Gasteiger partial charge in [-0.05, 0) is 11.2 Å². The van der Waals surface area contributed by atoms with Crippen LogP contribution in [-0.2, 0) is 20.6 Å². The Hall–Kier alpha value is 0.460. The van der Waals surface area contributed by atoms with E-state index in [2.05, 4.69) is 20.8 Å². The van der Waals surface area contributed by atoms with Gasteiger partial charge in [0.2, 0.25) is 0 Å². The topological polar surface area (TPSA) is 3.24 Å². The van der Waals surface area contributed by atoms with Crippen molar-refractivity contribution in [2.75, 3.05) is 14.1 Å². The minimum Gasteiger partial charge on any atom is -0.363 e. The van der Waals surface area contributed by atoms with Gasteiger partial charge in [0.25, 0.3) is 0 Å². The van der Waals surface area contributed by atoms with Crippen LogP contribution in [0.5, 0.6) is 0 Å². The monoisotopic (exact) mass is 209 g/mol. The second-order valence-electron chi connectivity index (χ2n) is 3.54. The first kappa shape index (κ1) is 11.5. The molecule has 0 aromatic carbocycles. The van der Waals surface area contributed by atoms with E-state index in [1.54, 1.807) is 0 Å². The van der Waals surface area contributed by atoms with Gasteiger partial charge in [-0.3, -0.25) is 0 Å². The van der Waals surface area contributed by atoms with Gasteiger partial charge in [-0.1, -0.05) is 42.4 Å². The highest BCUT2D eigenvalue weighted by atomic mass is 32.8. The first-order valence-electron chi connectivity index (χ1n) is 3.40. The van der Waals surface area contributed by atoms with Crippen LogP contribution in [0.1, 0.15) is 20.8 Å². The number of nitrogens with zero attached hydrogens (tertiary/aromatic N) is 1. The molecule has 0 fully saturated rings. The molecule has 0 bridgehead atoms. The number of hydrogen-bond donors (Lipinski definition) is 0. The summed E-state index contributed by atoms with van der Waals surface area (Å²) in [4.78, 5) is 1.93. The molecule has 0 saturated carbocycles. The lowest BCUT2D eigenvalue weighted by atomic mass is 10.3. The molecule has 0 aromatic rings. The maximum absolute atomic E-state index is 5.32. The van der Waals surface area contributed by atoms with Crippen LogP contribution in [0.2, 0.25) is 0 Å². The summed E-state index contributed by atoms with van der Waals surface area (Å²) in [5.41, 5.74) is 0. The fraction of sp³-hybridized carbons (Fsp3) is 0.857. The van der Waals surface area contributed by atoms with Gasteiger partial charge in [-0.25, -0.2) is 0 Å². The van der Waals surface area contributed by atoms with Crippen LogP contribution < -0.4 is 0 Å². The van der Waals surface area contributed by atoms with Crippen LogP contribution in [0.4, 0.5) is 0 Å². The molecule has 4 heteroatoms. The second kappa shape index (κ2) is 3.92. The molecular formula is C7H15NS3. The summed E-state index contributed by atoms with van der Waals surface area (Å²) in [7, 11) is 3.67. The Balaban J connectivity index is 4.40. The SMILES string of the molecule is CN(C)C(=S)S(=S)C(C)(C)C. The third-order valence-electron chi connectivity index (χ3n) is 1.08. The summed E-state index contributed by atoms with van der Waals surface area (Å²) in [6.07, 6.45) is 0. The van der Waals surface area contributed by atoms with E-state index in [4.69, 9.17) is 23.4 Å². The maximum Gasteiger partial charge on any atom is 0.140 e. The summed E-state index contributed by atoms with van der Waals surface area (Å²) in [5.74, 6) is 0. The highest BCUT2D eigenvalue weighted by Gasteiger charge is 2.20. The molecule has 1 atom stereocenters. The van der Waals surface area contributed by atoms with Crippen molar-refractivity contribution in [1.29, 1.82) is 0 Å². The van der Waals surface area contributed by atoms with E-state index in [1.165, 1.54) is 0 Å². The van der Waals surface area contributed by atoms with E-state index in [1.807, 2.05) is 19.0 Å². The Kier molecular flexibility index (Phi) is 4.08. The van der Waals surface area contributed by atoms with Crippen molar-refractivity contribution < 1.29 is 0 Å². The molecule has 0 aromatic heterocycles. The smallest absolute Gasteiger partial charge is 0.140 e. The largest absolute Gasteiger partial charge is 0.363 e. The molecule has 0 aliphatic carbocycles. The normalized spacial score (nSPS) is 14.3. The van der Waals surface area contributed by atoms with Gasteiger partial charge in [0, 0.05) is 18.8 Å². The molecule has 0 spiro atoms. The zero-order valence-electron chi connectivity index (χ0n) is 7.67. The molecule has 0 radical (unpaired) electrons. The number of rotatable bonds is 0. The Morgan fingerprint density at radius 1 is 1.27 bits per heavy atom. The standard InChI is InChI=1S/C7H15NS3/c1-7(2,3)11(10)6(9)8(4)5/h1-5H3. The predicted octanol–water partition coefficient (Wildman–Crippen LogP) is 1.71. The van der Waals surface area contributed by atoms with Crippen LogP contribution in [0.15, 0.2) is 0 Å². The molecule has 1 nitrogen and oxygen atoms in total. The quantitative estimate of drug-likeness (QED) is 0.559. The first-order chi connectivity index (χ1) is 4.76. The Morgan fingerprint density at radius 3 is 1.73 bits per heavy atom. The molecule has 66 valence electrons. The number of hydrogen-bond acceptors (Lipinski definition) is 2. The first-order valence-corrected chi connectivity index (χ1v) is 5.96. The molecule has 0 rings (SSSR count). The maximum atomic E-state index is 5.32. The summed E-state index contributed by atoms with van der Waals surface area (Å²) in [6.45, 7) is 6.37. The lowest BCUT2D eigenvalue weighted by Gasteiger charge is -2.25. The molecule has 0 amide bonds. The minimum absolute atomic E-state index is 0.122. The lowest BCUT2D eigenvalue weighted by molar-refractivity contribution is 0.645. The summed E-state index contributed by atoms with van der Waals surface area (Å²) >= 11 is 10.5. The van der Waals surface area contributed by atoms with Crippen molar-refractivity contribution in [2.45, 2.75) is 25.5 Å². The second-order valence-corrected chi connectivity index (χ2v) is 7.34. The lowest BCUT2D eigenvalue weighted by Crippen LogP contribution is -2.34. The van der Waals surface area contributed by atoms with Crippen LogP contribution in [0.25, 0.3) is 0 Å². The summed E-state index contributed by atoms with van der Waals surface area (Å²) in [5, 5.41) is 0. The molecule has 0 aliphatic heterocycles. The van der Waals surface area contributed by atoms with Crippen molar-refractivity contribution in [2.24, 2.45) is 0 Å². The highest BCUT2D eigenvalue weighted by Crippen LogP contribution is 2.14. The van der Waals surface area contributed by atoms with Crippen LogP contribution in [0, 0.1) is 0 Å². The van der Waals surface area contributed by atoms with E-state index >= 15 is 0 Å². The van der Waals surface area contributed by atoms with E-state index < -0.39 is 0 Å². The third kappa shape index (κ3) is 3.58. The summed E-state index contributed by atoms with van der Waals surface area (Å²) in [6, 6.07) is 0. The average molecular weight is 209 g/mol. The van der Waals surface area contributed by atoms with Gasteiger partial charge in [-0.2, -0.15) is 0 Å². The summed E-state index contributed by atoms with van der Waals surface area (Å²) < 4.78 is 1.00. The fourth-order valence-electron chi connectivity index (χ4n) is 0.428. The number of thiocarbonyl (C=S) groups is 1. The van der Waals surface area contributed by atoms with Gasteiger partial charge < -0.3 is 4.90 Å². The van der Waals surface area contributed by atoms with Crippen molar-refractivity contribution >= 4 is 37.2 Å². The van der Waals surface area contributed by atoms with Crippen LogP contribution >= 0.6 is 12.2 Å². The van der Waals surface area contributed by atoms with Gasteiger partial charge in [0.1, 0.15) is 4.32 Å². The molecule has 0 heterocycles. The van der Waals surface area contributed by atoms with Crippen LogP contribution in [0.3, 0.4) is 0 Å². The zero-order chi connectivity index (χ0) is 9.23. The van der Waals surface area contributed by atoms with Gasteiger partial charge in [0.15, 0.2) is 0 Å². The van der Waals surface area contributed by atoms with E-state index in [0.29, 0.717) is 0 Å². The average Bonchev–Trinajstić information content (AvgIpc) is 1.82. The van der Waals surface area contributed by atoms with Gasteiger partial charge in [-0.15, -0.1) is 0 Å². The third-order valence-corrected chi connectivity index (χ3v) is 6.03. The van der Waals surface area contributed by atoms with Crippen molar-refractivity contribution in [3.8, 4) is 0 Å². The Morgan fingerprint density at radius 2 is 1.64 bits per heavy atom.